The summed E-state index contributed by atoms with van der Waals surface area (Å²) < 4.78 is 0. The number of rotatable bonds is 2. The fraction of sp³-hybridized carbons (Fsp3) is 0.125. The van der Waals surface area contributed by atoms with E-state index in [9.17, 15) is 10.1 Å². The van der Waals surface area contributed by atoms with Gasteiger partial charge in [-0.2, -0.15) is 0 Å². The topological polar surface area (TPSA) is 58.2 Å². The molecule has 0 atom stereocenters. The molecule has 0 saturated carbocycles. The molecular formula is C8H8NO3. The van der Waals surface area contributed by atoms with Crippen molar-refractivity contribution in [2.45, 2.75) is 0 Å². The van der Waals surface area contributed by atoms with Crippen LogP contribution in [0.4, 0.5) is 0 Å². The lowest BCUT2D eigenvalue weighted by Gasteiger charge is -2.01. The van der Waals surface area contributed by atoms with Crippen molar-refractivity contribution in [1.29, 1.82) is 0 Å². The van der Waals surface area contributed by atoms with E-state index in [2.05, 4.69) is 10.2 Å². The predicted octanol–water partition coefficient (Wildman–Crippen LogP) is 0.770. The molecule has 1 N–H and O–H groups in total. The van der Waals surface area contributed by atoms with E-state index in [-0.39, 0.29) is 17.2 Å². The van der Waals surface area contributed by atoms with Crippen LogP contribution >= 0.6 is 0 Å². The third-order valence-electron chi connectivity index (χ3n) is 1.45. The van der Waals surface area contributed by atoms with Gasteiger partial charge in [-0.3, -0.25) is 4.79 Å². The summed E-state index contributed by atoms with van der Waals surface area (Å²) in [6.45, 7) is 0. The van der Waals surface area contributed by atoms with Crippen LogP contribution in [0.2, 0.25) is 0 Å². The Bertz CT molecular complexity index is 285. The zero-order valence-corrected chi connectivity index (χ0v) is 6.53. The van der Waals surface area contributed by atoms with E-state index in [0.717, 1.165) is 0 Å². The quantitative estimate of drug-likeness (QED) is 0.521. The standard InChI is InChI=1S/C8H8NO3/c1-9-8(10)6-4-2-3-5-7(6)12-11/h2-5H,1H3,(H,9,10). The third kappa shape index (κ3) is 1.54. The van der Waals surface area contributed by atoms with Crippen LogP contribution < -0.4 is 10.2 Å². The van der Waals surface area contributed by atoms with Crippen molar-refractivity contribution in [3.8, 4) is 5.75 Å². The summed E-state index contributed by atoms with van der Waals surface area (Å²) in [6.07, 6.45) is 0. The molecular weight excluding hydrogens is 158 g/mol. The number of carbonyl (C=O) groups is 1. The van der Waals surface area contributed by atoms with Gasteiger partial charge in [-0.1, -0.05) is 12.1 Å². The van der Waals surface area contributed by atoms with Gasteiger partial charge < -0.3 is 10.2 Å². The first-order chi connectivity index (χ1) is 5.79. The van der Waals surface area contributed by atoms with Gasteiger partial charge in [-0.05, 0) is 12.1 Å². The number of carbonyl (C=O) groups excluding carboxylic acids is 1. The number of hydrogen-bond donors (Lipinski definition) is 1. The van der Waals surface area contributed by atoms with Crippen molar-refractivity contribution in [3.05, 3.63) is 29.8 Å². The van der Waals surface area contributed by atoms with Crippen LogP contribution in [-0.4, -0.2) is 13.0 Å². The van der Waals surface area contributed by atoms with Crippen molar-refractivity contribution in [2.24, 2.45) is 0 Å². The molecule has 1 aromatic rings. The summed E-state index contributed by atoms with van der Waals surface area (Å²) in [5.41, 5.74) is 0.245. The molecule has 0 bridgehead atoms. The first-order valence-electron chi connectivity index (χ1n) is 3.40. The zero-order valence-electron chi connectivity index (χ0n) is 6.53. The smallest absolute Gasteiger partial charge is 0.254 e. The molecule has 4 heteroatoms. The highest BCUT2D eigenvalue weighted by atomic mass is 17.1. The molecule has 0 aliphatic carbocycles. The SMILES string of the molecule is CNC(=O)c1ccccc1O[O]. The first-order valence-corrected chi connectivity index (χ1v) is 3.40. The maximum atomic E-state index is 11.1. The van der Waals surface area contributed by atoms with Crippen molar-refractivity contribution in [3.63, 3.8) is 0 Å². The number of hydrogen-bond acceptors (Lipinski definition) is 2. The van der Waals surface area contributed by atoms with Crippen molar-refractivity contribution < 1.29 is 14.9 Å². The number of benzene rings is 1. The molecule has 0 heterocycles. The maximum absolute atomic E-state index is 11.1. The average Bonchev–Trinajstić information content (AvgIpc) is 2.16. The van der Waals surface area contributed by atoms with Crippen LogP contribution in [0.1, 0.15) is 10.4 Å². The third-order valence-corrected chi connectivity index (χ3v) is 1.45. The van der Waals surface area contributed by atoms with Gasteiger partial charge in [0.05, 0.1) is 5.56 Å². The summed E-state index contributed by atoms with van der Waals surface area (Å²) in [5, 5.41) is 12.5. The normalized spacial score (nSPS) is 9.17. The van der Waals surface area contributed by atoms with Crippen molar-refractivity contribution >= 4 is 5.91 Å². The Labute approximate surface area is 69.7 Å². The second kappa shape index (κ2) is 3.73. The Hall–Kier alpha value is -1.55. The molecule has 1 radical (unpaired) electrons. The average molecular weight is 166 g/mol. The molecule has 12 heavy (non-hydrogen) atoms. The number of para-hydroxylation sites is 1. The Morgan fingerprint density at radius 3 is 2.67 bits per heavy atom. The molecule has 63 valence electrons. The fourth-order valence-corrected chi connectivity index (χ4v) is 0.862. The lowest BCUT2D eigenvalue weighted by molar-refractivity contribution is -0.208. The molecule has 4 nitrogen and oxygen atoms in total. The summed E-state index contributed by atoms with van der Waals surface area (Å²) in [5.74, 6) is -0.293. The van der Waals surface area contributed by atoms with Crippen molar-refractivity contribution in [1.82, 2.24) is 5.32 Å². The predicted molar refractivity (Wildman–Crippen MR) is 41.1 cm³/mol. The summed E-state index contributed by atoms with van der Waals surface area (Å²) in [4.78, 5) is 14.8. The molecule has 0 fully saturated rings. The van der Waals surface area contributed by atoms with Gasteiger partial charge in [0.25, 0.3) is 5.91 Å². The molecule has 1 aromatic carbocycles. The minimum Gasteiger partial charge on any atom is -0.355 e. The summed E-state index contributed by atoms with van der Waals surface area (Å²) >= 11 is 0. The minimum absolute atomic E-state index is 0.0388. The largest absolute Gasteiger partial charge is 0.355 e. The molecule has 0 aliphatic heterocycles. The van der Waals surface area contributed by atoms with Gasteiger partial charge in [0.1, 0.15) is 0 Å². The van der Waals surface area contributed by atoms with E-state index >= 15 is 0 Å². The van der Waals surface area contributed by atoms with E-state index < -0.39 is 0 Å². The fourth-order valence-electron chi connectivity index (χ4n) is 0.862. The van der Waals surface area contributed by atoms with E-state index in [4.69, 9.17) is 0 Å². The molecule has 0 unspecified atom stereocenters. The first kappa shape index (κ1) is 8.55. The molecule has 0 saturated heterocycles. The Balaban J connectivity index is 3.04. The van der Waals surface area contributed by atoms with Gasteiger partial charge in [0.15, 0.2) is 5.75 Å². The van der Waals surface area contributed by atoms with Gasteiger partial charge in [-0.15, -0.1) is 0 Å². The van der Waals surface area contributed by atoms with Crippen LogP contribution in [0, 0.1) is 0 Å². The molecule has 0 aromatic heterocycles. The highest BCUT2D eigenvalue weighted by molar-refractivity contribution is 5.96. The van der Waals surface area contributed by atoms with E-state index in [0.29, 0.717) is 0 Å². The summed E-state index contributed by atoms with van der Waals surface area (Å²) in [6, 6.07) is 6.25. The molecule has 0 aliphatic rings. The van der Waals surface area contributed by atoms with Crippen LogP contribution in [0.15, 0.2) is 24.3 Å². The van der Waals surface area contributed by atoms with Gasteiger partial charge in [-0.25, -0.2) is 0 Å². The second-order valence-corrected chi connectivity index (χ2v) is 2.16. The zero-order chi connectivity index (χ0) is 8.97. The monoisotopic (exact) mass is 166 g/mol. The van der Waals surface area contributed by atoms with Crippen LogP contribution in [0.25, 0.3) is 0 Å². The Morgan fingerprint density at radius 1 is 1.42 bits per heavy atom. The second-order valence-electron chi connectivity index (χ2n) is 2.16. The lowest BCUT2D eigenvalue weighted by atomic mass is 10.2. The maximum Gasteiger partial charge on any atom is 0.254 e. The number of nitrogens with one attached hydrogen (secondary N) is 1. The summed E-state index contributed by atoms with van der Waals surface area (Å²) in [7, 11) is 1.49. The Morgan fingerprint density at radius 2 is 2.08 bits per heavy atom. The van der Waals surface area contributed by atoms with Gasteiger partial charge in [0, 0.05) is 12.3 Å². The van der Waals surface area contributed by atoms with E-state index in [1.807, 2.05) is 0 Å². The lowest BCUT2D eigenvalue weighted by Crippen LogP contribution is -2.18. The number of amides is 1. The molecule has 1 rings (SSSR count). The molecule has 0 spiro atoms. The van der Waals surface area contributed by atoms with E-state index in [1.54, 1.807) is 12.1 Å². The minimum atomic E-state index is -0.332. The van der Waals surface area contributed by atoms with Crippen LogP contribution in [0.5, 0.6) is 5.75 Å². The van der Waals surface area contributed by atoms with Gasteiger partial charge in [0.2, 0.25) is 0 Å². The van der Waals surface area contributed by atoms with Gasteiger partial charge >= 0.3 is 0 Å². The Kier molecular flexibility index (Phi) is 2.66. The molecule has 1 amide bonds. The highest BCUT2D eigenvalue weighted by Crippen LogP contribution is 2.16. The highest BCUT2D eigenvalue weighted by Gasteiger charge is 2.09. The van der Waals surface area contributed by atoms with Crippen molar-refractivity contribution in [2.75, 3.05) is 7.05 Å². The van der Waals surface area contributed by atoms with E-state index in [1.165, 1.54) is 19.2 Å². The van der Waals surface area contributed by atoms with Crippen LogP contribution in [0.3, 0.4) is 0 Å². The van der Waals surface area contributed by atoms with Crippen LogP contribution in [-0.2, 0) is 5.26 Å².